The molecule has 0 saturated carbocycles. The molecule has 0 aliphatic carbocycles. The highest BCUT2D eigenvalue weighted by molar-refractivity contribution is 9.10. The van der Waals surface area contributed by atoms with Crippen LogP contribution < -0.4 is 9.47 Å². The van der Waals surface area contributed by atoms with Crippen LogP contribution in [0.25, 0.3) is 0 Å². The Morgan fingerprint density at radius 3 is 2.50 bits per heavy atom. The number of ether oxygens (including phenoxy) is 2. The van der Waals surface area contributed by atoms with Gasteiger partial charge in [0, 0.05) is 18.1 Å². The van der Waals surface area contributed by atoms with Crippen LogP contribution in [0.5, 0.6) is 11.5 Å². The Labute approximate surface area is 128 Å². The van der Waals surface area contributed by atoms with Crippen LogP contribution in [-0.2, 0) is 0 Å². The van der Waals surface area contributed by atoms with Crippen molar-refractivity contribution in [2.75, 3.05) is 13.2 Å². The molecule has 1 aliphatic rings. The molecule has 2 aromatic rings. The van der Waals surface area contributed by atoms with Gasteiger partial charge in [-0.25, -0.2) is 0 Å². The van der Waals surface area contributed by atoms with Gasteiger partial charge in [0.15, 0.2) is 22.0 Å². The highest BCUT2D eigenvalue weighted by Crippen LogP contribution is 2.36. The molecule has 1 aromatic carbocycles. The van der Waals surface area contributed by atoms with Crippen LogP contribution in [0.4, 0.5) is 0 Å². The molecule has 0 spiro atoms. The van der Waals surface area contributed by atoms with Crippen molar-refractivity contribution in [2.45, 2.75) is 6.42 Å². The van der Waals surface area contributed by atoms with Gasteiger partial charge in [0.2, 0.25) is 0 Å². The van der Waals surface area contributed by atoms with E-state index in [1.54, 1.807) is 18.2 Å². The molecule has 4 nitrogen and oxygen atoms in total. The average molecular weight is 358 g/mol. The Balaban J connectivity index is 2.04. The van der Waals surface area contributed by atoms with Gasteiger partial charge in [-0.1, -0.05) is 11.6 Å². The summed E-state index contributed by atoms with van der Waals surface area (Å²) in [6.07, 6.45) is 2.23. The van der Waals surface area contributed by atoms with E-state index in [-0.39, 0.29) is 5.78 Å². The molecule has 0 radical (unpaired) electrons. The van der Waals surface area contributed by atoms with E-state index >= 15 is 0 Å². The van der Waals surface area contributed by atoms with E-state index in [4.69, 9.17) is 25.5 Å². The maximum absolute atomic E-state index is 12.4. The molecule has 0 unspecified atom stereocenters. The predicted octanol–water partition coefficient (Wildman–Crippen LogP) is 4.09. The molecule has 104 valence electrons. The summed E-state index contributed by atoms with van der Waals surface area (Å²) >= 11 is 9.37. The van der Waals surface area contributed by atoms with Crippen molar-refractivity contribution >= 4 is 33.3 Å². The molecule has 1 aliphatic heterocycles. The van der Waals surface area contributed by atoms with E-state index < -0.39 is 0 Å². The maximum Gasteiger partial charge on any atom is 0.199 e. The first-order valence-corrected chi connectivity index (χ1v) is 7.21. The second-order valence-corrected chi connectivity index (χ2v) is 5.39. The molecule has 20 heavy (non-hydrogen) atoms. The van der Waals surface area contributed by atoms with Gasteiger partial charge in [-0.05, 0) is 28.1 Å². The Hall–Kier alpha value is -1.46. The zero-order valence-electron chi connectivity index (χ0n) is 10.3. The minimum atomic E-state index is -0.230. The smallest absolute Gasteiger partial charge is 0.199 e. The summed E-state index contributed by atoms with van der Waals surface area (Å²) in [5.74, 6) is 0.872. The summed E-state index contributed by atoms with van der Waals surface area (Å²) in [7, 11) is 0. The minimum Gasteiger partial charge on any atom is -0.490 e. The number of halogens is 2. The second-order valence-electron chi connectivity index (χ2n) is 4.27. The first-order chi connectivity index (χ1) is 9.66. The third-order valence-corrected chi connectivity index (χ3v) is 3.87. The monoisotopic (exact) mass is 356 g/mol. The molecule has 0 bridgehead atoms. The number of benzene rings is 1. The molecule has 0 saturated heterocycles. The van der Waals surface area contributed by atoms with E-state index in [9.17, 15) is 4.79 Å². The van der Waals surface area contributed by atoms with Crippen molar-refractivity contribution in [1.82, 2.24) is 0 Å². The highest BCUT2D eigenvalue weighted by atomic mass is 79.9. The van der Waals surface area contributed by atoms with Crippen LogP contribution in [-0.4, -0.2) is 19.0 Å². The zero-order valence-corrected chi connectivity index (χ0v) is 12.7. The third kappa shape index (κ3) is 2.43. The fourth-order valence-electron chi connectivity index (χ4n) is 1.96. The quantitative estimate of drug-likeness (QED) is 0.760. The van der Waals surface area contributed by atoms with Crippen molar-refractivity contribution in [2.24, 2.45) is 0 Å². The number of hydrogen-bond donors (Lipinski definition) is 0. The predicted molar refractivity (Wildman–Crippen MR) is 76.9 cm³/mol. The van der Waals surface area contributed by atoms with Gasteiger partial charge < -0.3 is 13.9 Å². The molecule has 6 heteroatoms. The van der Waals surface area contributed by atoms with Crippen LogP contribution in [0, 0.1) is 0 Å². The largest absolute Gasteiger partial charge is 0.490 e. The Morgan fingerprint density at radius 1 is 1.15 bits per heavy atom. The van der Waals surface area contributed by atoms with Gasteiger partial charge >= 0.3 is 0 Å². The molecule has 2 heterocycles. The van der Waals surface area contributed by atoms with E-state index in [0.29, 0.717) is 45.5 Å². The van der Waals surface area contributed by atoms with E-state index in [0.717, 1.165) is 6.42 Å². The fourth-order valence-corrected chi connectivity index (χ4v) is 2.62. The Morgan fingerprint density at radius 2 is 1.85 bits per heavy atom. The van der Waals surface area contributed by atoms with Crippen molar-refractivity contribution in [3.63, 3.8) is 0 Å². The van der Waals surface area contributed by atoms with Gasteiger partial charge in [-0.15, -0.1) is 0 Å². The third-order valence-electron chi connectivity index (χ3n) is 2.94. The lowest BCUT2D eigenvalue weighted by molar-refractivity contribution is 0.103. The number of rotatable bonds is 2. The van der Waals surface area contributed by atoms with Crippen molar-refractivity contribution in [1.29, 1.82) is 0 Å². The van der Waals surface area contributed by atoms with Gasteiger partial charge in [-0.2, -0.15) is 0 Å². The first kappa shape index (κ1) is 13.5. The first-order valence-electron chi connectivity index (χ1n) is 6.03. The normalized spacial score (nSPS) is 13.9. The number of furan rings is 1. The van der Waals surface area contributed by atoms with Crippen molar-refractivity contribution < 1.29 is 18.7 Å². The zero-order chi connectivity index (χ0) is 14.1. The van der Waals surface area contributed by atoms with Crippen LogP contribution >= 0.6 is 27.5 Å². The van der Waals surface area contributed by atoms with Crippen LogP contribution in [0.15, 0.2) is 33.5 Å². The van der Waals surface area contributed by atoms with Gasteiger partial charge in [0.05, 0.1) is 30.1 Å². The lowest BCUT2D eigenvalue weighted by Gasteiger charge is -2.10. The summed E-state index contributed by atoms with van der Waals surface area (Å²) in [5, 5.41) is 0.326. The molecular weight excluding hydrogens is 348 g/mol. The summed E-state index contributed by atoms with van der Waals surface area (Å²) in [6.45, 7) is 1.13. The number of carbonyl (C=O) groups excluding carboxylic acids is 1. The lowest BCUT2D eigenvalue weighted by Crippen LogP contribution is -2.03. The summed E-state index contributed by atoms with van der Waals surface area (Å²) < 4.78 is 16.6. The van der Waals surface area contributed by atoms with Crippen LogP contribution in [0.1, 0.15) is 22.3 Å². The fraction of sp³-hybridized carbons (Fsp3) is 0.214. The molecule has 0 fully saturated rings. The number of fused-ring (bicyclic) bond motifs is 1. The summed E-state index contributed by atoms with van der Waals surface area (Å²) in [4.78, 5) is 12.4. The van der Waals surface area contributed by atoms with E-state index in [2.05, 4.69) is 15.9 Å². The Bertz CT molecular complexity index is 665. The maximum atomic E-state index is 12.4. The van der Waals surface area contributed by atoms with Gasteiger partial charge in [-0.3, -0.25) is 4.79 Å². The van der Waals surface area contributed by atoms with E-state index in [1.165, 1.54) is 6.26 Å². The highest BCUT2D eigenvalue weighted by Gasteiger charge is 2.21. The topological polar surface area (TPSA) is 48.7 Å². The lowest BCUT2D eigenvalue weighted by atomic mass is 10.1. The summed E-state index contributed by atoms with van der Waals surface area (Å²) in [5.41, 5.74) is 0.777. The van der Waals surface area contributed by atoms with Gasteiger partial charge in [0.25, 0.3) is 0 Å². The molecule has 1 aromatic heterocycles. The van der Waals surface area contributed by atoms with Crippen molar-refractivity contribution in [3.8, 4) is 11.5 Å². The van der Waals surface area contributed by atoms with Crippen molar-refractivity contribution in [3.05, 3.63) is 45.3 Å². The SMILES string of the molecule is O=C(c1cc2c(cc1Cl)OCCCO2)c1ccoc1Br. The molecule has 0 atom stereocenters. The standard InChI is InChI=1S/C14H10BrClO4/c15-14-8(2-5-20-14)13(17)9-6-11-12(7-10(9)16)19-4-1-3-18-11/h2,5-7H,1,3-4H2. The minimum absolute atomic E-state index is 0.230. The van der Waals surface area contributed by atoms with Crippen LogP contribution in [0.3, 0.4) is 0 Å². The second kappa shape index (κ2) is 5.50. The average Bonchev–Trinajstić information content (AvgIpc) is 2.72. The molecule has 0 amide bonds. The number of ketones is 1. The number of carbonyl (C=O) groups is 1. The number of hydrogen-bond acceptors (Lipinski definition) is 4. The van der Waals surface area contributed by atoms with E-state index in [1.807, 2.05) is 0 Å². The Kier molecular flexibility index (Phi) is 3.72. The van der Waals surface area contributed by atoms with Gasteiger partial charge in [0.1, 0.15) is 0 Å². The molecule has 3 rings (SSSR count). The molecular formula is C14H10BrClO4. The molecule has 0 N–H and O–H groups in total. The van der Waals surface area contributed by atoms with Crippen LogP contribution in [0.2, 0.25) is 5.02 Å². The summed E-state index contributed by atoms with van der Waals surface area (Å²) in [6, 6.07) is 4.82.